The Labute approximate surface area is 205 Å². The molecular weight excluding hydrogens is 460 g/mol. The standard InChI is InChI=1S/C27H22N4O5/c32-16-11-9-15(10-12-16)13-20-23(33)29-21(24(34)28-20)14-27(36)18-6-2-4-8-22(18)31-25(35)17-5-1-3-7-19(17)30-26(27)31/h1-12,20-21,32,36H,13-14H2,(H,28,34)(H,29,33)/t20-,21-,27-/m0/s1. The topological polar surface area (TPSA) is 134 Å². The average Bonchev–Trinajstić information content (AvgIpc) is 3.12. The number of carbonyl (C=O) groups is 2. The van der Waals surface area contributed by atoms with E-state index < -0.39 is 23.6 Å². The summed E-state index contributed by atoms with van der Waals surface area (Å²) in [5.41, 5.74) is 0.0542. The van der Waals surface area contributed by atoms with Crippen molar-refractivity contribution < 1.29 is 19.8 Å². The van der Waals surface area contributed by atoms with E-state index in [4.69, 9.17) is 0 Å². The van der Waals surface area contributed by atoms with E-state index >= 15 is 0 Å². The van der Waals surface area contributed by atoms with Crippen molar-refractivity contribution in [2.75, 3.05) is 0 Å². The van der Waals surface area contributed by atoms with Crippen LogP contribution in [0.2, 0.25) is 0 Å². The summed E-state index contributed by atoms with van der Waals surface area (Å²) in [5, 5.41) is 27.4. The van der Waals surface area contributed by atoms with E-state index in [0.29, 0.717) is 22.2 Å². The van der Waals surface area contributed by atoms with Gasteiger partial charge in [0.05, 0.1) is 16.6 Å². The summed E-state index contributed by atoms with van der Waals surface area (Å²) in [7, 11) is 0. The van der Waals surface area contributed by atoms with Crippen molar-refractivity contribution in [3.63, 3.8) is 0 Å². The number of piperazine rings is 1. The molecule has 4 N–H and O–H groups in total. The van der Waals surface area contributed by atoms with E-state index in [2.05, 4.69) is 15.6 Å². The number of nitrogens with one attached hydrogen (secondary N) is 2. The monoisotopic (exact) mass is 482 g/mol. The van der Waals surface area contributed by atoms with Crippen molar-refractivity contribution in [3.8, 4) is 11.4 Å². The van der Waals surface area contributed by atoms with Crippen molar-refractivity contribution in [2.24, 2.45) is 0 Å². The predicted molar refractivity (Wildman–Crippen MR) is 131 cm³/mol. The molecule has 0 saturated carbocycles. The Morgan fingerprint density at radius 1 is 0.861 bits per heavy atom. The fraction of sp³-hybridized carbons (Fsp3) is 0.185. The van der Waals surface area contributed by atoms with E-state index in [1.54, 1.807) is 60.7 Å². The second-order valence-corrected chi connectivity index (χ2v) is 9.17. The van der Waals surface area contributed by atoms with Crippen LogP contribution in [0.4, 0.5) is 0 Å². The van der Waals surface area contributed by atoms with Gasteiger partial charge in [0.1, 0.15) is 17.8 Å². The third-order valence-corrected chi connectivity index (χ3v) is 6.88. The maximum Gasteiger partial charge on any atom is 0.266 e. The number of rotatable bonds is 4. The molecule has 0 spiro atoms. The van der Waals surface area contributed by atoms with Crippen LogP contribution in [0.1, 0.15) is 23.4 Å². The fourth-order valence-electron chi connectivity index (χ4n) is 5.10. The molecule has 0 aliphatic carbocycles. The number of amides is 2. The zero-order valence-corrected chi connectivity index (χ0v) is 19.0. The lowest BCUT2D eigenvalue weighted by Crippen LogP contribution is -2.63. The summed E-state index contributed by atoms with van der Waals surface area (Å²) >= 11 is 0. The molecule has 2 aliphatic rings. The zero-order valence-electron chi connectivity index (χ0n) is 19.0. The van der Waals surface area contributed by atoms with Crippen LogP contribution in [0.3, 0.4) is 0 Å². The third-order valence-electron chi connectivity index (χ3n) is 6.88. The molecule has 0 radical (unpaired) electrons. The van der Waals surface area contributed by atoms with E-state index in [-0.39, 0.29) is 35.9 Å². The van der Waals surface area contributed by atoms with Crippen LogP contribution in [-0.4, -0.2) is 43.7 Å². The number of phenolic OH excluding ortho intramolecular Hbond substituents is 1. The van der Waals surface area contributed by atoms with Gasteiger partial charge in [0.15, 0.2) is 11.4 Å². The highest BCUT2D eigenvalue weighted by Crippen LogP contribution is 2.42. The highest BCUT2D eigenvalue weighted by molar-refractivity contribution is 5.97. The number of aromatic hydroxyl groups is 1. The predicted octanol–water partition coefficient (Wildman–Crippen LogP) is 1.26. The molecule has 9 nitrogen and oxygen atoms in total. The average molecular weight is 482 g/mol. The molecule has 1 aromatic heterocycles. The summed E-state index contributed by atoms with van der Waals surface area (Å²) in [5.74, 6) is -0.597. The molecule has 9 heteroatoms. The SMILES string of the molecule is O=C1N[C@@H](C[C@]2(O)c3ccccc3-n3c2nc2ccccc2c3=O)C(=O)N[C@H]1Cc1ccc(O)cc1. The first-order chi connectivity index (χ1) is 17.3. The molecule has 1 fully saturated rings. The highest BCUT2D eigenvalue weighted by Gasteiger charge is 2.48. The Balaban J connectivity index is 1.34. The molecule has 180 valence electrons. The number of phenols is 1. The largest absolute Gasteiger partial charge is 0.508 e. The molecular formula is C27H22N4O5. The van der Waals surface area contributed by atoms with Gasteiger partial charge in [0, 0.05) is 18.4 Å². The minimum absolute atomic E-state index is 0.112. The van der Waals surface area contributed by atoms with Gasteiger partial charge in [-0.3, -0.25) is 19.0 Å². The Morgan fingerprint density at radius 3 is 2.33 bits per heavy atom. The minimum Gasteiger partial charge on any atom is -0.508 e. The van der Waals surface area contributed by atoms with Crippen molar-refractivity contribution in [3.05, 3.63) is 100 Å². The number of aromatic nitrogens is 2. The van der Waals surface area contributed by atoms with Crippen molar-refractivity contribution in [1.82, 2.24) is 20.2 Å². The van der Waals surface area contributed by atoms with Gasteiger partial charge in [-0.15, -0.1) is 0 Å². The molecule has 6 rings (SSSR count). The molecule has 3 atom stereocenters. The first kappa shape index (κ1) is 22.0. The van der Waals surface area contributed by atoms with Gasteiger partial charge in [-0.05, 0) is 35.9 Å². The number of carbonyl (C=O) groups excluding carboxylic acids is 2. The molecule has 0 bridgehead atoms. The number of para-hydroxylation sites is 2. The van der Waals surface area contributed by atoms with Gasteiger partial charge in [-0.25, -0.2) is 4.98 Å². The van der Waals surface area contributed by atoms with E-state index in [1.165, 1.54) is 16.7 Å². The molecule has 2 amide bonds. The molecule has 1 saturated heterocycles. The summed E-state index contributed by atoms with van der Waals surface area (Å²) in [6.45, 7) is 0. The number of hydrogen-bond donors (Lipinski definition) is 4. The van der Waals surface area contributed by atoms with Gasteiger partial charge in [-0.1, -0.05) is 42.5 Å². The summed E-state index contributed by atoms with van der Waals surface area (Å²) in [6, 6.07) is 18.4. The van der Waals surface area contributed by atoms with Crippen LogP contribution in [0.15, 0.2) is 77.6 Å². The van der Waals surface area contributed by atoms with Crippen LogP contribution in [0.5, 0.6) is 5.75 Å². The van der Waals surface area contributed by atoms with Crippen molar-refractivity contribution in [1.29, 1.82) is 0 Å². The molecule has 2 aliphatic heterocycles. The summed E-state index contributed by atoms with van der Waals surface area (Å²) in [6.07, 6.45) is 0.0573. The first-order valence-electron chi connectivity index (χ1n) is 11.6. The van der Waals surface area contributed by atoms with Gasteiger partial charge in [0.25, 0.3) is 5.56 Å². The van der Waals surface area contributed by atoms with Crippen LogP contribution in [0.25, 0.3) is 16.6 Å². The zero-order chi connectivity index (χ0) is 25.0. The minimum atomic E-state index is -1.78. The normalized spacial score (nSPS) is 22.6. The maximum absolute atomic E-state index is 13.4. The lowest BCUT2D eigenvalue weighted by atomic mass is 9.86. The lowest BCUT2D eigenvalue weighted by molar-refractivity contribution is -0.138. The molecule has 3 heterocycles. The van der Waals surface area contributed by atoms with Crippen molar-refractivity contribution in [2.45, 2.75) is 30.5 Å². The lowest BCUT2D eigenvalue weighted by Gasteiger charge is -2.34. The second-order valence-electron chi connectivity index (χ2n) is 9.17. The Morgan fingerprint density at radius 2 is 1.53 bits per heavy atom. The van der Waals surface area contributed by atoms with Crippen LogP contribution < -0.4 is 16.2 Å². The number of fused-ring (bicyclic) bond motifs is 4. The molecule has 36 heavy (non-hydrogen) atoms. The Kier molecular flexibility index (Phi) is 4.90. The number of nitrogens with zero attached hydrogens (tertiary/aromatic N) is 2. The maximum atomic E-state index is 13.4. The van der Waals surface area contributed by atoms with Crippen molar-refractivity contribution >= 4 is 22.7 Å². The Hall–Kier alpha value is -4.50. The quantitative estimate of drug-likeness (QED) is 0.346. The molecule has 4 aromatic rings. The molecule has 0 unspecified atom stereocenters. The summed E-state index contributed by atoms with van der Waals surface area (Å²) < 4.78 is 1.38. The van der Waals surface area contributed by atoms with Crippen LogP contribution in [0, 0.1) is 0 Å². The second kappa shape index (κ2) is 8.03. The van der Waals surface area contributed by atoms with E-state index in [9.17, 15) is 24.6 Å². The van der Waals surface area contributed by atoms with E-state index in [1.807, 2.05) is 0 Å². The molecule has 3 aromatic carbocycles. The Bertz CT molecular complexity index is 1600. The highest BCUT2D eigenvalue weighted by atomic mass is 16.3. The van der Waals surface area contributed by atoms with Gasteiger partial charge in [-0.2, -0.15) is 0 Å². The summed E-state index contributed by atoms with van der Waals surface area (Å²) in [4.78, 5) is 43.9. The van der Waals surface area contributed by atoms with Crippen LogP contribution >= 0.6 is 0 Å². The fourth-order valence-corrected chi connectivity index (χ4v) is 5.10. The number of benzene rings is 3. The van der Waals surface area contributed by atoms with E-state index in [0.717, 1.165) is 5.56 Å². The number of aliphatic hydroxyl groups is 1. The smallest absolute Gasteiger partial charge is 0.266 e. The van der Waals surface area contributed by atoms with Crippen LogP contribution in [-0.2, 0) is 21.6 Å². The van der Waals surface area contributed by atoms with Gasteiger partial charge < -0.3 is 20.8 Å². The van der Waals surface area contributed by atoms with Gasteiger partial charge >= 0.3 is 0 Å². The van der Waals surface area contributed by atoms with Gasteiger partial charge in [0.2, 0.25) is 11.8 Å². The third kappa shape index (κ3) is 3.36. The number of hydrogen-bond acceptors (Lipinski definition) is 6. The first-order valence-corrected chi connectivity index (χ1v) is 11.6.